The molecule has 26 heavy (non-hydrogen) atoms. The quantitative estimate of drug-likeness (QED) is 0.511. The van der Waals surface area contributed by atoms with Gasteiger partial charge >= 0.3 is 0 Å². The van der Waals surface area contributed by atoms with Crippen LogP contribution in [0.5, 0.6) is 0 Å². The second-order valence-electron chi connectivity index (χ2n) is 6.38. The maximum absolute atomic E-state index is 5.84. The molecule has 132 valence electrons. The first-order valence-electron chi connectivity index (χ1n) is 8.59. The second kappa shape index (κ2) is 7.35. The number of thioether (sulfide) groups is 1. The molecular weight excluding hydrogens is 344 g/mol. The molecule has 0 saturated heterocycles. The van der Waals surface area contributed by atoms with Crippen LogP contribution >= 0.6 is 11.8 Å². The molecule has 4 aromatic rings. The Bertz CT molecular complexity index is 1020. The van der Waals surface area contributed by atoms with Crippen molar-refractivity contribution in [1.29, 1.82) is 0 Å². The fourth-order valence-electron chi connectivity index (χ4n) is 3.01. The number of aromatic nitrogens is 3. The number of para-hydroxylation sites is 1. The lowest BCUT2D eigenvalue weighted by atomic mass is 10.1. The standard InChI is InChI=1S/C20H20N4OS/c1-13-6-2-3-7-14(13)12-26-20-24-23-19(25-20)17(21)10-15-11-22-18-9-5-4-8-16(15)18/h2-9,11,17,22H,10,12,21H2,1H3/p+1. The Kier molecular flexibility index (Phi) is 4.77. The number of H-pyrrole nitrogens is 1. The first-order chi connectivity index (χ1) is 12.7. The molecule has 0 amide bonds. The Labute approximate surface area is 156 Å². The summed E-state index contributed by atoms with van der Waals surface area (Å²) in [6.07, 6.45) is 2.79. The van der Waals surface area contributed by atoms with Gasteiger partial charge in [-0.2, -0.15) is 0 Å². The minimum absolute atomic E-state index is 0.0745. The van der Waals surface area contributed by atoms with E-state index in [2.05, 4.69) is 58.2 Å². The van der Waals surface area contributed by atoms with Crippen LogP contribution in [-0.4, -0.2) is 15.2 Å². The second-order valence-corrected chi connectivity index (χ2v) is 7.31. The van der Waals surface area contributed by atoms with Crippen molar-refractivity contribution in [2.45, 2.75) is 30.4 Å². The first kappa shape index (κ1) is 16.9. The number of quaternary nitrogens is 1. The van der Waals surface area contributed by atoms with Gasteiger partial charge in [0.05, 0.1) is 0 Å². The van der Waals surface area contributed by atoms with E-state index in [1.165, 1.54) is 22.1 Å². The summed E-state index contributed by atoms with van der Waals surface area (Å²) < 4.78 is 5.84. The van der Waals surface area contributed by atoms with E-state index in [-0.39, 0.29) is 6.04 Å². The third-order valence-corrected chi connectivity index (χ3v) is 5.39. The number of aryl methyl sites for hydroxylation is 1. The molecule has 0 radical (unpaired) electrons. The minimum atomic E-state index is -0.0745. The molecular formula is C20H21N4OS+. The molecule has 0 bridgehead atoms. The van der Waals surface area contributed by atoms with Crippen LogP contribution in [0.15, 0.2) is 64.4 Å². The Morgan fingerprint density at radius 2 is 1.88 bits per heavy atom. The normalized spacial score (nSPS) is 12.5. The van der Waals surface area contributed by atoms with Crippen molar-refractivity contribution in [1.82, 2.24) is 15.2 Å². The van der Waals surface area contributed by atoms with Crippen LogP contribution in [0.25, 0.3) is 10.9 Å². The van der Waals surface area contributed by atoms with E-state index in [0.717, 1.165) is 17.7 Å². The summed E-state index contributed by atoms with van der Waals surface area (Å²) in [5.74, 6) is 1.40. The molecule has 5 nitrogen and oxygen atoms in total. The van der Waals surface area contributed by atoms with Crippen molar-refractivity contribution in [2.24, 2.45) is 0 Å². The molecule has 0 aliphatic carbocycles. The zero-order valence-electron chi connectivity index (χ0n) is 14.6. The molecule has 0 aliphatic rings. The number of rotatable bonds is 6. The number of fused-ring (bicyclic) bond motifs is 1. The Morgan fingerprint density at radius 3 is 2.77 bits per heavy atom. The van der Waals surface area contributed by atoms with Gasteiger partial charge in [-0.05, 0) is 29.7 Å². The maximum Gasteiger partial charge on any atom is 0.277 e. The summed E-state index contributed by atoms with van der Waals surface area (Å²) >= 11 is 1.56. The van der Waals surface area contributed by atoms with Crippen LogP contribution in [-0.2, 0) is 12.2 Å². The third kappa shape index (κ3) is 3.52. The van der Waals surface area contributed by atoms with Crippen molar-refractivity contribution in [3.8, 4) is 0 Å². The van der Waals surface area contributed by atoms with Crippen molar-refractivity contribution >= 4 is 22.7 Å². The van der Waals surface area contributed by atoms with Gasteiger partial charge in [0.2, 0.25) is 0 Å². The van der Waals surface area contributed by atoms with Gasteiger partial charge < -0.3 is 15.1 Å². The molecule has 4 rings (SSSR count). The maximum atomic E-state index is 5.84. The van der Waals surface area contributed by atoms with E-state index in [4.69, 9.17) is 4.42 Å². The molecule has 4 N–H and O–H groups in total. The van der Waals surface area contributed by atoms with Crippen LogP contribution < -0.4 is 5.73 Å². The topological polar surface area (TPSA) is 82.4 Å². The van der Waals surface area contributed by atoms with Crippen molar-refractivity contribution < 1.29 is 10.2 Å². The lowest BCUT2D eigenvalue weighted by molar-refractivity contribution is -0.431. The Hall–Kier alpha value is -2.57. The van der Waals surface area contributed by atoms with Gasteiger partial charge in [0.15, 0.2) is 6.04 Å². The van der Waals surface area contributed by atoms with E-state index in [0.29, 0.717) is 11.1 Å². The predicted octanol–water partition coefficient (Wildman–Crippen LogP) is 3.68. The molecule has 0 fully saturated rings. The average molecular weight is 365 g/mol. The van der Waals surface area contributed by atoms with Gasteiger partial charge in [-0.15, -0.1) is 10.2 Å². The number of hydrogen-bond donors (Lipinski definition) is 2. The molecule has 1 unspecified atom stereocenters. The van der Waals surface area contributed by atoms with Crippen LogP contribution in [0.1, 0.15) is 28.6 Å². The van der Waals surface area contributed by atoms with Gasteiger partial charge in [0, 0.05) is 29.3 Å². The average Bonchev–Trinajstić information content (AvgIpc) is 3.29. The number of nitrogens with one attached hydrogen (secondary N) is 1. The number of hydrogen-bond acceptors (Lipinski definition) is 4. The highest BCUT2D eigenvalue weighted by Crippen LogP contribution is 2.26. The van der Waals surface area contributed by atoms with Gasteiger partial charge in [-0.25, -0.2) is 0 Å². The number of nitrogens with zero attached hydrogens (tertiary/aromatic N) is 2. The van der Waals surface area contributed by atoms with E-state index in [1.54, 1.807) is 11.8 Å². The van der Waals surface area contributed by atoms with Crippen LogP contribution in [0.2, 0.25) is 0 Å². The van der Waals surface area contributed by atoms with E-state index in [9.17, 15) is 0 Å². The van der Waals surface area contributed by atoms with Crippen molar-refractivity contribution in [2.75, 3.05) is 0 Å². The van der Waals surface area contributed by atoms with Crippen LogP contribution in [0.3, 0.4) is 0 Å². The Balaban J connectivity index is 1.43. The Morgan fingerprint density at radius 1 is 1.08 bits per heavy atom. The lowest BCUT2D eigenvalue weighted by Crippen LogP contribution is -2.54. The molecule has 2 aromatic heterocycles. The fraction of sp³-hybridized carbons (Fsp3) is 0.200. The number of benzene rings is 2. The summed E-state index contributed by atoms with van der Waals surface area (Å²) in [4.78, 5) is 3.30. The molecule has 0 spiro atoms. The molecule has 2 heterocycles. The van der Waals surface area contributed by atoms with Crippen LogP contribution in [0, 0.1) is 6.92 Å². The lowest BCUT2D eigenvalue weighted by Gasteiger charge is -2.03. The van der Waals surface area contributed by atoms with E-state index < -0.39 is 0 Å². The van der Waals surface area contributed by atoms with E-state index in [1.807, 2.05) is 24.4 Å². The van der Waals surface area contributed by atoms with Crippen LogP contribution in [0.4, 0.5) is 0 Å². The highest BCUT2D eigenvalue weighted by atomic mass is 32.2. The monoisotopic (exact) mass is 365 g/mol. The van der Waals surface area contributed by atoms with Crippen molar-refractivity contribution in [3.63, 3.8) is 0 Å². The van der Waals surface area contributed by atoms with Gasteiger partial charge in [-0.3, -0.25) is 0 Å². The predicted molar refractivity (Wildman–Crippen MR) is 103 cm³/mol. The molecule has 0 aliphatic heterocycles. The summed E-state index contributed by atoms with van der Waals surface area (Å²) in [5, 5.41) is 10.2. The SMILES string of the molecule is Cc1ccccc1CSc1nnc(C([NH3+])Cc2c[nH]c3ccccc23)o1. The summed E-state index contributed by atoms with van der Waals surface area (Å²) in [7, 11) is 0. The highest BCUT2D eigenvalue weighted by Gasteiger charge is 2.20. The largest absolute Gasteiger partial charge is 0.410 e. The van der Waals surface area contributed by atoms with Crippen molar-refractivity contribution in [3.05, 3.63) is 77.3 Å². The van der Waals surface area contributed by atoms with Gasteiger partial charge in [-0.1, -0.05) is 54.2 Å². The molecule has 0 saturated carbocycles. The molecule has 6 heteroatoms. The van der Waals surface area contributed by atoms with Gasteiger partial charge in [0.1, 0.15) is 0 Å². The first-order valence-corrected chi connectivity index (χ1v) is 9.58. The smallest absolute Gasteiger partial charge is 0.277 e. The fourth-order valence-corrected chi connectivity index (χ4v) is 3.85. The zero-order valence-corrected chi connectivity index (χ0v) is 15.4. The summed E-state index contributed by atoms with van der Waals surface area (Å²) in [6.45, 7) is 2.11. The summed E-state index contributed by atoms with van der Waals surface area (Å²) in [5.41, 5.74) is 9.12. The molecule has 2 aromatic carbocycles. The highest BCUT2D eigenvalue weighted by molar-refractivity contribution is 7.98. The number of aromatic amines is 1. The minimum Gasteiger partial charge on any atom is -0.410 e. The van der Waals surface area contributed by atoms with E-state index >= 15 is 0 Å². The van der Waals surface area contributed by atoms with Gasteiger partial charge in [0.25, 0.3) is 11.1 Å². The third-order valence-electron chi connectivity index (χ3n) is 4.52. The summed E-state index contributed by atoms with van der Waals surface area (Å²) in [6, 6.07) is 16.5. The molecule has 1 atom stereocenters. The zero-order chi connectivity index (χ0) is 17.9.